The summed E-state index contributed by atoms with van der Waals surface area (Å²) in [4.78, 5) is 10.5. The first-order valence-electron chi connectivity index (χ1n) is 8.12. The van der Waals surface area contributed by atoms with Gasteiger partial charge in [0.25, 0.3) is 5.69 Å². The zero-order chi connectivity index (χ0) is 20.0. The van der Waals surface area contributed by atoms with Crippen LogP contribution in [0.5, 0.6) is 0 Å². The Bertz CT molecular complexity index is 959. The van der Waals surface area contributed by atoms with Crippen LogP contribution < -0.4 is 5.43 Å². The van der Waals surface area contributed by atoms with Crippen LogP contribution in [0.1, 0.15) is 19.4 Å². The monoisotopic (exact) mass is 394 g/mol. The lowest BCUT2D eigenvalue weighted by atomic mass is 10.2. The maximum absolute atomic E-state index is 13.1. The first-order chi connectivity index (χ1) is 12.8. The molecule has 27 heavy (non-hydrogen) atoms. The number of nitrogens with zero attached hydrogens (tertiary/aromatic N) is 3. The van der Waals surface area contributed by atoms with Crippen molar-refractivity contribution in [3.05, 3.63) is 64.0 Å². The van der Waals surface area contributed by atoms with E-state index in [0.29, 0.717) is 5.56 Å². The van der Waals surface area contributed by atoms with Gasteiger partial charge in [-0.15, -0.1) is 0 Å². The van der Waals surface area contributed by atoms with Crippen molar-refractivity contribution in [3.63, 3.8) is 0 Å². The standard InChI is InChI=1S/C17H19FN4O4S/c1-3-21(4-2)27(25,26)15-8-9-16(17(11-15)22(23)24)20-19-12-13-6-5-7-14(18)10-13/h5-12,20H,3-4H2,1-2H3/b19-12+. The highest BCUT2D eigenvalue weighted by Gasteiger charge is 2.25. The van der Waals surface area contributed by atoms with E-state index in [9.17, 15) is 22.9 Å². The third-order valence-corrected chi connectivity index (χ3v) is 5.80. The van der Waals surface area contributed by atoms with Gasteiger partial charge in [0, 0.05) is 19.2 Å². The zero-order valence-electron chi connectivity index (χ0n) is 14.8. The van der Waals surface area contributed by atoms with Gasteiger partial charge in [-0.3, -0.25) is 15.5 Å². The number of nitrogens with one attached hydrogen (secondary N) is 1. The molecule has 1 N–H and O–H groups in total. The summed E-state index contributed by atoms with van der Waals surface area (Å²) >= 11 is 0. The minimum Gasteiger partial charge on any atom is -0.272 e. The van der Waals surface area contributed by atoms with Gasteiger partial charge >= 0.3 is 0 Å². The molecule has 0 saturated heterocycles. The molecule has 0 spiro atoms. The highest BCUT2D eigenvalue weighted by atomic mass is 32.2. The Morgan fingerprint density at radius 1 is 1.22 bits per heavy atom. The van der Waals surface area contributed by atoms with Gasteiger partial charge in [-0.05, 0) is 29.8 Å². The van der Waals surface area contributed by atoms with Crippen LogP contribution >= 0.6 is 0 Å². The van der Waals surface area contributed by atoms with Crippen molar-refractivity contribution in [2.75, 3.05) is 18.5 Å². The Labute approximate surface area is 156 Å². The van der Waals surface area contributed by atoms with Gasteiger partial charge in [0.1, 0.15) is 11.5 Å². The van der Waals surface area contributed by atoms with Crippen molar-refractivity contribution < 1.29 is 17.7 Å². The van der Waals surface area contributed by atoms with E-state index in [4.69, 9.17) is 0 Å². The molecule has 0 unspecified atom stereocenters. The predicted molar refractivity (Wildman–Crippen MR) is 101 cm³/mol. The fourth-order valence-corrected chi connectivity index (χ4v) is 3.87. The lowest BCUT2D eigenvalue weighted by molar-refractivity contribution is -0.384. The highest BCUT2D eigenvalue weighted by molar-refractivity contribution is 7.89. The fraction of sp³-hybridized carbons (Fsp3) is 0.235. The SMILES string of the molecule is CCN(CC)S(=O)(=O)c1ccc(N/N=C/c2cccc(F)c2)c([N+](=O)[O-])c1. The second-order valence-electron chi connectivity index (χ2n) is 5.45. The number of nitro groups is 1. The zero-order valence-corrected chi connectivity index (χ0v) is 15.6. The normalized spacial score (nSPS) is 11.9. The average molecular weight is 394 g/mol. The maximum atomic E-state index is 13.1. The van der Waals surface area contributed by atoms with E-state index in [2.05, 4.69) is 10.5 Å². The number of rotatable bonds is 8. The number of sulfonamides is 1. The molecule has 0 atom stereocenters. The summed E-state index contributed by atoms with van der Waals surface area (Å²) in [6, 6.07) is 9.20. The van der Waals surface area contributed by atoms with Gasteiger partial charge in [0.15, 0.2) is 0 Å². The lowest BCUT2D eigenvalue weighted by Crippen LogP contribution is -2.30. The summed E-state index contributed by atoms with van der Waals surface area (Å²) in [5, 5.41) is 15.2. The van der Waals surface area contributed by atoms with Crippen molar-refractivity contribution in [1.82, 2.24) is 4.31 Å². The van der Waals surface area contributed by atoms with Crippen LogP contribution in [0.2, 0.25) is 0 Å². The average Bonchev–Trinajstić information content (AvgIpc) is 2.62. The number of nitro benzene ring substituents is 1. The Morgan fingerprint density at radius 2 is 1.93 bits per heavy atom. The van der Waals surface area contributed by atoms with Gasteiger partial charge in [-0.2, -0.15) is 9.41 Å². The molecule has 2 rings (SSSR count). The third-order valence-electron chi connectivity index (χ3n) is 3.76. The molecular weight excluding hydrogens is 375 g/mol. The summed E-state index contributed by atoms with van der Waals surface area (Å²) in [5.41, 5.74) is 2.55. The molecule has 0 aliphatic heterocycles. The van der Waals surface area contributed by atoms with Crippen LogP contribution in [0.25, 0.3) is 0 Å². The van der Waals surface area contributed by atoms with Gasteiger partial charge in [-0.1, -0.05) is 26.0 Å². The van der Waals surface area contributed by atoms with Crippen molar-refractivity contribution >= 4 is 27.6 Å². The molecule has 8 nitrogen and oxygen atoms in total. The molecule has 10 heteroatoms. The molecular formula is C17H19FN4O4S. The molecule has 0 radical (unpaired) electrons. The molecule has 0 aromatic heterocycles. The minimum atomic E-state index is -3.82. The number of hydrogen-bond acceptors (Lipinski definition) is 6. The molecule has 0 amide bonds. The second-order valence-corrected chi connectivity index (χ2v) is 7.39. The molecule has 0 bridgehead atoms. The minimum absolute atomic E-state index is 0.0196. The fourth-order valence-electron chi connectivity index (χ4n) is 2.39. The first-order valence-corrected chi connectivity index (χ1v) is 9.56. The maximum Gasteiger partial charge on any atom is 0.295 e. The van der Waals surface area contributed by atoms with E-state index < -0.39 is 26.5 Å². The number of hydrogen-bond donors (Lipinski definition) is 1. The Kier molecular flexibility index (Phi) is 6.59. The predicted octanol–water partition coefficient (Wildman–Crippen LogP) is 3.21. The van der Waals surface area contributed by atoms with Crippen molar-refractivity contribution in [2.45, 2.75) is 18.7 Å². The van der Waals surface area contributed by atoms with E-state index in [0.717, 1.165) is 6.07 Å². The second kappa shape index (κ2) is 8.69. The van der Waals surface area contributed by atoms with E-state index in [1.807, 2.05) is 0 Å². The highest BCUT2D eigenvalue weighted by Crippen LogP contribution is 2.29. The van der Waals surface area contributed by atoms with Crippen LogP contribution in [0, 0.1) is 15.9 Å². The molecule has 2 aromatic rings. The van der Waals surface area contributed by atoms with Gasteiger partial charge < -0.3 is 0 Å². The van der Waals surface area contributed by atoms with Crippen LogP contribution in [-0.2, 0) is 10.0 Å². The molecule has 0 aliphatic rings. The summed E-state index contributed by atoms with van der Waals surface area (Å²) in [6.45, 7) is 3.88. The van der Waals surface area contributed by atoms with E-state index in [1.54, 1.807) is 19.9 Å². The number of hydrazone groups is 1. The van der Waals surface area contributed by atoms with Crippen molar-refractivity contribution in [3.8, 4) is 0 Å². The Balaban J connectivity index is 2.32. The summed E-state index contributed by atoms with van der Waals surface area (Å²) < 4.78 is 39.4. The molecule has 2 aromatic carbocycles. The van der Waals surface area contributed by atoms with Gasteiger partial charge in [0.05, 0.1) is 16.0 Å². The third kappa shape index (κ3) is 4.86. The van der Waals surface area contributed by atoms with E-state index in [1.165, 1.54) is 40.9 Å². The number of anilines is 1. The summed E-state index contributed by atoms with van der Waals surface area (Å²) in [6.07, 6.45) is 1.30. The van der Waals surface area contributed by atoms with E-state index >= 15 is 0 Å². The molecule has 0 aliphatic carbocycles. The van der Waals surface area contributed by atoms with Crippen LogP contribution in [0.15, 0.2) is 52.5 Å². The lowest BCUT2D eigenvalue weighted by Gasteiger charge is -2.18. The summed E-state index contributed by atoms with van der Waals surface area (Å²) in [5.74, 6) is -0.434. The molecule has 0 heterocycles. The van der Waals surface area contributed by atoms with Crippen molar-refractivity contribution in [1.29, 1.82) is 0 Å². The number of halogens is 1. The molecule has 0 fully saturated rings. The van der Waals surface area contributed by atoms with E-state index in [-0.39, 0.29) is 23.7 Å². The van der Waals surface area contributed by atoms with Crippen molar-refractivity contribution in [2.24, 2.45) is 5.10 Å². The quantitative estimate of drug-likeness (QED) is 0.420. The largest absolute Gasteiger partial charge is 0.295 e. The van der Waals surface area contributed by atoms with Gasteiger partial charge in [-0.25, -0.2) is 12.8 Å². The van der Waals surface area contributed by atoms with Crippen LogP contribution in [0.4, 0.5) is 15.8 Å². The Morgan fingerprint density at radius 3 is 2.52 bits per heavy atom. The molecule has 144 valence electrons. The van der Waals surface area contributed by atoms with Gasteiger partial charge in [0.2, 0.25) is 10.0 Å². The first kappa shape index (κ1) is 20.5. The number of benzene rings is 2. The van der Waals surface area contributed by atoms with Crippen LogP contribution in [-0.4, -0.2) is 37.0 Å². The summed E-state index contributed by atoms with van der Waals surface area (Å²) in [7, 11) is -3.82. The topological polar surface area (TPSA) is 105 Å². The Hall–Kier alpha value is -2.85. The van der Waals surface area contributed by atoms with Crippen LogP contribution in [0.3, 0.4) is 0 Å². The smallest absolute Gasteiger partial charge is 0.272 e. The molecule has 0 saturated carbocycles.